The van der Waals surface area contributed by atoms with Crippen LogP contribution >= 0.6 is 11.8 Å². The van der Waals surface area contributed by atoms with Crippen LogP contribution in [-0.2, 0) is 16.1 Å². The molecule has 1 unspecified atom stereocenters. The molecule has 1 atom stereocenters. The molecule has 0 saturated heterocycles. The summed E-state index contributed by atoms with van der Waals surface area (Å²) in [5.74, 6) is -0.121. The Morgan fingerprint density at radius 1 is 1.19 bits per heavy atom. The van der Waals surface area contributed by atoms with Crippen molar-refractivity contribution in [3.63, 3.8) is 0 Å². The molecule has 0 saturated carbocycles. The number of hydrogen-bond donors (Lipinski definition) is 2. The number of carbonyl (C=O) groups excluding carboxylic acids is 3. The fourth-order valence-corrected chi connectivity index (χ4v) is 3.73. The van der Waals surface area contributed by atoms with Crippen molar-refractivity contribution in [1.82, 2.24) is 10.2 Å². The van der Waals surface area contributed by atoms with Gasteiger partial charge in [-0.25, -0.2) is 9.79 Å². The van der Waals surface area contributed by atoms with Gasteiger partial charge in [0, 0.05) is 0 Å². The normalized spacial score (nSPS) is 15.5. The average Bonchev–Trinajstić information content (AvgIpc) is 3.03. The molecule has 0 spiro atoms. The fourth-order valence-electron chi connectivity index (χ4n) is 2.82. The topological polar surface area (TPSA) is 114 Å². The minimum absolute atomic E-state index is 0.256. The summed E-state index contributed by atoms with van der Waals surface area (Å²) in [5, 5.41) is 1.74. The van der Waals surface area contributed by atoms with Gasteiger partial charge < -0.3 is 10.5 Å². The average molecular weight is 439 g/mol. The maximum absolute atomic E-state index is 13.1. The molecular formula is C22H22N4O4S. The highest BCUT2D eigenvalue weighted by atomic mass is 32.2. The van der Waals surface area contributed by atoms with Crippen LogP contribution in [0, 0.1) is 0 Å². The Hall–Kier alpha value is -3.59. The number of ether oxygens (including phenoxy) is 1. The lowest BCUT2D eigenvalue weighted by atomic mass is 10.1. The Balaban J connectivity index is 1.87. The number of benzene rings is 2. The summed E-state index contributed by atoms with van der Waals surface area (Å²) in [6.45, 7) is 1.91. The number of nitrogens with one attached hydrogen (secondary N) is 1. The number of rotatable bonds is 6. The number of amidine groups is 1. The van der Waals surface area contributed by atoms with Gasteiger partial charge in [-0.05, 0) is 36.3 Å². The Morgan fingerprint density at radius 2 is 1.87 bits per heavy atom. The van der Waals surface area contributed by atoms with Crippen LogP contribution in [0.25, 0.3) is 6.08 Å². The van der Waals surface area contributed by atoms with E-state index >= 15 is 0 Å². The number of nitrogens with zero attached hydrogens (tertiary/aromatic N) is 2. The number of thioether (sulfide) groups is 1. The molecule has 1 aliphatic heterocycles. The van der Waals surface area contributed by atoms with Crippen molar-refractivity contribution in [3.05, 3.63) is 71.4 Å². The lowest BCUT2D eigenvalue weighted by Crippen LogP contribution is -2.40. The van der Waals surface area contributed by atoms with Crippen molar-refractivity contribution in [2.45, 2.75) is 18.7 Å². The lowest BCUT2D eigenvalue weighted by Gasteiger charge is -2.19. The van der Waals surface area contributed by atoms with E-state index in [2.05, 4.69) is 4.99 Å². The first-order valence-corrected chi connectivity index (χ1v) is 10.3. The van der Waals surface area contributed by atoms with Crippen LogP contribution in [0.5, 0.6) is 5.75 Å². The number of imide groups is 1. The molecule has 0 aromatic heterocycles. The van der Waals surface area contributed by atoms with E-state index < -0.39 is 17.2 Å². The largest absolute Gasteiger partial charge is 0.497 e. The summed E-state index contributed by atoms with van der Waals surface area (Å²) in [5.41, 5.74) is 6.99. The first-order valence-electron chi connectivity index (χ1n) is 9.44. The maximum Gasteiger partial charge on any atom is 0.318 e. The van der Waals surface area contributed by atoms with Crippen molar-refractivity contribution in [1.29, 1.82) is 0 Å². The second-order valence-electron chi connectivity index (χ2n) is 6.69. The van der Waals surface area contributed by atoms with Crippen LogP contribution in [0.2, 0.25) is 0 Å². The van der Waals surface area contributed by atoms with Crippen molar-refractivity contribution in [2.24, 2.45) is 10.7 Å². The van der Waals surface area contributed by atoms with Gasteiger partial charge in [0.1, 0.15) is 11.4 Å². The Labute approximate surface area is 184 Å². The third-order valence-corrected chi connectivity index (χ3v) is 5.50. The third-order valence-electron chi connectivity index (χ3n) is 4.41. The number of amides is 4. The number of primary amides is 1. The van der Waals surface area contributed by atoms with Gasteiger partial charge in [-0.15, -0.1) is 0 Å². The minimum Gasteiger partial charge on any atom is -0.497 e. The summed E-state index contributed by atoms with van der Waals surface area (Å²) in [6, 6.07) is 15.8. The number of methoxy groups -OCH3 is 1. The molecule has 2 aromatic carbocycles. The van der Waals surface area contributed by atoms with E-state index in [1.165, 1.54) is 4.90 Å². The van der Waals surface area contributed by atoms with Gasteiger partial charge in [0.25, 0.3) is 5.91 Å². The zero-order valence-corrected chi connectivity index (χ0v) is 17.9. The molecule has 160 valence electrons. The van der Waals surface area contributed by atoms with E-state index in [1.807, 2.05) is 47.8 Å². The molecule has 9 heteroatoms. The van der Waals surface area contributed by atoms with Crippen LogP contribution in [0.15, 0.2) is 65.3 Å². The van der Waals surface area contributed by atoms with E-state index in [4.69, 9.17) is 10.5 Å². The van der Waals surface area contributed by atoms with E-state index in [1.54, 1.807) is 32.2 Å². The predicted octanol–water partition coefficient (Wildman–Crippen LogP) is 2.75. The Morgan fingerprint density at radius 3 is 2.48 bits per heavy atom. The van der Waals surface area contributed by atoms with Gasteiger partial charge >= 0.3 is 6.03 Å². The van der Waals surface area contributed by atoms with Crippen molar-refractivity contribution in [2.75, 3.05) is 7.11 Å². The van der Waals surface area contributed by atoms with Crippen molar-refractivity contribution >= 4 is 40.9 Å². The van der Waals surface area contributed by atoms with E-state index in [-0.39, 0.29) is 11.6 Å². The second-order valence-corrected chi connectivity index (χ2v) is 8.00. The van der Waals surface area contributed by atoms with Gasteiger partial charge in [0.15, 0.2) is 5.17 Å². The van der Waals surface area contributed by atoms with Crippen LogP contribution in [0.3, 0.4) is 0 Å². The number of nitrogens with two attached hydrogens (primary N) is 1. The molecule has 8 nitrogen and oxygen atoms in total. The molecule has 0 aliphatic carbocycles. The molecule has 0 fully saturated rings. The highest BCUT2D eigenvalue weighted by Gasteiger charge is 2.33. The molecule has 3 rings (SSSR count). The standard InChI is InChI=1S/C22H22N4O4S/c1-14(19(27)25-21(23)29)31-22-24-18(12-15-8-10-17(30-2)11-9-15)20(28)26(22)13-16-6-4-3-5-7-16/h3-12,14H,13H2,1-2H3,(H3,23,25,27,29)/b18-12-. The molecule has 2 aromatic rings. The molecule has 1 heterocycles. The van der Waals surface area contributed by atoms with Crippen LogP contribution in [0.4, 0.5) is 4.79 Å². The number of urea groups is 1. The summed E-state index contributed by atoms with van der Waals surface area (Å²) in [4.78, 5) is 42.2. The minimum atomic E-state index is -0.928. The van der Waals surface area contributed by atoms with Crippen LogP contribution < -0.4 is 15.8 Å². The van der Waals surface area contributed by atoms with Gasteiger partial charge in [0.05, 0.1) is 18.9 Å². The van der Waals surface area contributed by atoms with Crippen LogP contribution in [-0.4, -0.2) is 40.3 Å². The smallest absolute Gasteiger partial charge is 0.318 e. The SMILES string of the molecule is COc1ccc(/C=C2\N=C(SC(C)C(=O)NC(N)=O)N(Cc3ccccc3)C2=O)cc1. The summed E-state index contributed by atoms with van der Waals surface area (Å²) in [6.07, 6.45) is 1.68. The Bertz CT molecular complexity index is 1040. The van der Waals surface area contributed by atoms with E-state index in [9.17, 15) is 14.4 Å². The number of carbonyl (C=O) groups is 3. The maximum atomic E-state index is 13.1. The summed E-state index contributed by atoms with van der Waals surface area (Å²) < 4.78 is 5.16. The molecule has 4 amide bonds. The summed E-state index contributed by atoms with van der Waals surface area (Å²) >= 11 is 1.08. The lowest BCUT2D eigenvalue weighted by molar-refractivity contribution is -0.123. The third kappa shape index (κ3) is 5.73. The zero-order chi connectivity index (χ0) is 22.4. The first-order chi connectivity index (χ1) is 14.9. The van der Waals surface area contributed by atoms with E-state index in [0.717, 1.165) is 22.9 Å². The van der Waals surface area contributed by atoms with E-state index in [0.29, 0.717) is 17.5 Å². The molecule has 31 heavy (non-hydrogen) atoms. The molecule has 0 bridgehead atoms. The van der Waals surface area contributed by atoms with Crippen molar-refractivity contribution < 1.29 is 19.1 Å². The molecule has 1 aliphatic rings. The molecular weight excluding hydrogens is 416 g/mol. The number of aliphatic imine (C=N–C) groups is 1. The molecule has 0 radical (unpaired) electrons. The van der Waals surface area contributed by atoms with Gasteiger partial charge in [0.2, 0.25) is 5.91 Å². The molecule has 3 N–H and O–H groups in total. The highest BCUT2D eigenvalue weighted by molar-refractivity contribution is 8.14. The van der Waals surface area contributed by atoms with Crippen LogP contribution in [0.1, 0.15) is 18.1 Å². The highest BCUT2D eigenvalue weighted by Crippen LogP contribution is 2.28. The predicted molar refractivity (Wildman–Crippen MR) is 120 cm³/mol. The second kappa shape index (κ2) is 9.94. The zero-order valence-electron chi connectivity index (χ0n) is 17.1. The van der Waals surface area contributed by atoms with Crippen molar-refractivity contribution in [3.8, 4) is 5.75 Å². The van der Waals surface area contributed by atoms with Gasteiger partial charge in [-0.2, -0.15) is 0 Å². The quantitative estimate of drug-likeness (QED) is 0.673. The first kappa shape index (κ1) is 22.1. The van der Waals surface area contributed by atoms with Gasteiger partial charge in [-0.3, -0.25) is 19.8 Å². The monoisotopic (exact) mass is 438 g/mol. The summed E-state index contributed by atoms with van der Waals surface area (Å²) in [7, 11) is 1.58. The van der Waals surface area contributed by atoms with Gasteiger partial charge in [-0.1, -0.05) is 54.2 Å². The Kier molecular flexibility index (Phi) is 7.09. The number of hydrogen-bond acceptors (Lipinski definition) is 6. The fraction of sp³-hybridized carbons (Fsp3) is 0.182.